The molecule has 1 fully saturated rings. The van der Waals surface area contributed by atoms with E-state index in [1.165, 1.54) is 38.5 Å². The Bertz CT molecular complexity index is 190. The second-order valence-corrected chi connectivity index (χ2v) is 5.59. The highest BCUT2D eigenvalue weighted by Gasteiger charge is 2.23. The van der Waals surface area contributed by atoms with Gasteiger partial charge < -0.3 is 0 Å². The molecule has 0 aromatic carbocycles. The summed E-state index contributed by atoms with van der Waals surface area (Å²) in [7, 11) is 0. The van der Waals surface area contributed by atoms with E-state index in [4.69, 9.17) is 0 Å². The SMILES string of the molecule is CCCCCCCC(=O)C1CCC(C)CC1. The molecule has 1 nitrogen and oxygen atoms in total. The van der Waals surface area contributed by atoms with Crippen LogP contribution in [0.3, 0.4) is 0 Å². The van der Waals surface area contributed by atoms with Gasteiger partial charge in [-0.2, -0.15) is 0 Å². The summed E-state index contributed by atoms with van der Waals surface area (Å²) in [5.74, 6) is 1.83. The molecular formula is C15H28O. The summed E-state index contributed by atoms with van der Waals surface area (Å²) in [6, 6.07) is 0. The van der Waals surface area contributed by atoms with Crippen LogP contribution in [-0.2, 0) is 4.79 Å². The maximum absolute atomic E-state index is 11.9. The van der Waals surface area contributed by atoms with Gasteiger partial charge in [0.2, 0.25) is 0 Å². The van der Waals surface area contributed by atoms with Crippen LogP contribution >= 0.6 is 0 Å². The van der Waals surface area contributed by atoms with Gasteiger partial charge in [-0.15, -0.1) is 0 Å². The van der Waals surface area contributed by atoms with E-state index in [2.05, 4.69) is 13.8 Å². The topological polar surface area (TPSA) is 17.1 Å². The van der Waals surface area contributed by atoms with Crippen molar-refractivity contribution in [3.05, 3.63) is 0 Å². The summed E-state index contributed by atoms with van der Waals surface area (Å²) in [4.78, 5) is 11.9. The van der Waals surface area contributed by atoms with Gasteiger partial charge in [-0.3, -0.25) is 4.79 Å². The van der Waals surface area contributed by atoms with Crippen LogP contribution in [0.4, 0.5) is 0 Å². The van der Waals surface area contributed by atoms with Crippen molar-refractivity contribution < 1.29 is 4.79 Å². The van der Waals surface area contributed by atoms with Gasteiger partial charge in [-0.1, -0.05) is 52.4 Å². The minimum Gasteiger partial charge on any atom is -0.299 e. The molecule has 0 aliphatic heterocycles. The third-order valence-corrected chi connectivity index (χ3v) is 4.00. The van der Waals surface area contributed by atoms with Gasteiger partial charge in [-0.25, -0.2) is 0 Å². The molecule has 0 spiro atoms. The van der Waals surface area contributed by atoms with E-state index in [1.54, 1.807) is 0 Å². The molecule has 0 heterocycles. The molecule has 0 bridgehead atoms. The van der Waals surface area contributed by atoms with E-state index < -0.39 is 0 Å². The third-order valence-electron chi connectivity index (χ3n) is 4.00. The molecule has 0 aromatic heterocycles. The molecule has 1 heteroatoms. The van der Waals surface area contributed by atoms with E-state index in [-0.39, 0.29) is 0 Å². The standard InChI is InChI=1S/C15H28O/c1-3-4-5-6-7-8-15(16)14-11-9-13(2)10-12-14/h13-14H,3-12H2,1-2H3. The molecule has 0 saturated heterocycles. The average Bonchev–Trinajstić information content (AvgIpc) is 2.29. The number of Topliss-reactive ketones (excluding diaryl/α,β-unsaturated/α-hetero) is 1. The number of hydrogen-bond donors (Lipinski definition) is 0. The van der Waals surface area contributed by atoms with E-state index in [0.29, 0.717) is 11.7 Å². The third kappa shape index (κ3) is 5.14. The zero-order chi connectivity index (χ0) is 11.8. The van der Waals surface area contributed by atoms with Crippen molar-refractivity contribution in [3.8, 4) is 0 Å². The lowest BCUT2D eigenvalue weighted by Gasteiger charge is -2.25. The fraction of sp³-hybridized carbons (Fsp3) is 0.933. The van der Waals surface area contributed by atoms with E-state index in [0.717, 1.165) is 31.6 Å². The second-order valence-electron chi connectivity index (χ2n) is 5.59. The first kappa shape index (κ1) is 13.7. The van der Waals surface area contributed by atoms with Crippen LogP contribution in [0.2, 0.25) is 0 Å². The monoisotopic (exact) mass is 224 g/mol. The smallest absolute Gasteiger partial charge is 0.135 e. The highest BCUT2D eigenvalue weighted by Crippen LogP contribution is 2.29. The van der Waals surface area contributed by atoms with Crippen LogP contribution in [0.5, 0.6) is 0 Å². The second kappa shape index (κ2) is 7.86. The number of hydrogen-bond acceptors (Lipinski definition) is 1. The molecule has 0 unspecified atom stereocenters. The van der Waals surface area contributed by atoms with Crippen LogP contribution < -0.4 is 0 Å². The lowest BCUT2D eigenvalue weighted by molar-refractivity contribution is -0.124. The molecule has 1 rings (SSSR count). The largest absolute Gasteiger partial charge is 0.299 e. The lowest BCUT2D eigenvalue weighted by atomic mass is 9.80. The van der Waals surface area contributed by atoms with Crippen LogP contribution in [-0.4, -0.2) is 5.78 Å². The maximum Gasteiger partial charge on any atom is 0.135 e. The van der Waals surface area contributed by atoms with Crippen LogP contribution in [0.1, 0.15) is 78.1 Å². The van der Waals surface area contributed by atoms with E-state index >= 15 is 0 Å². The van der Waals surface area contributed by atoms with Gasteiger partial charge in [-0.05, 0) is 25.2 Å². The minimum absolute atomic E-state index is 0.419. The Morgan fingerprint density at radius 3 is 2.25 bits per heavy atom. The fourth-order valence-corrected chi connectivity index (χ4v) is 2.69. The Labute approximate surface area is 101 Å². The molecule has 0 N–H and O–H groups in total. The Hall–Kier alpha value is -0.330. The average molecular weight is 224 g/mol. The number of carbonyl (C=O) groups is 1. The Morgan fingerprint density at radius 2 is 1.62 bits per heavy atom. The van der Waals surface area contributed by atoms with E-state index in [9.17, 15) is 4.79 Å². The zero-order valence-electron chi connectivity index (χ0n) is 11.1. The number of ketones is 1. The summed E-state index contributed by atoms with van der Waals surface area (Å²) in [5.41, 5.74) is 0. The summed E-state index contributed by atoms with van der Waals surface area (Å²) in [5, 5.41) is 0. The molecule has 0 atom stereocenters. The summed E-state index contributed by atoms with van der Waals surface area (Å²) < 4.78 is 0. The lowest BCUT2D eigenvalue weighted by Crippen LogP contribution is -2.20. The number of carbonyl (C=O) groups excluding carboxylic acids is 1. The molecule has 0 amide bonds. The predicted octanol–water partition coefficient (Wildman–Crippen LogP) is 4.74. The molecule has 1 aliphatic carbocycles. The molecule has 0 radical (unpaired) electrons. The molecule has 94 valence electrons. The molecule has 16 heavy (non-hydrogen) atoms. The van der Waals surface area contributed by atoms with E-state index in [1.807, 2.05) is 0 Å². The number of rotatable bonds is 7. The normalized spacial score (nSPS) is 25.6. The van der Waals surface area contributed by atoms with Crippen molar-refractivity contribution in [2.45, 2.75) is 78.1 Å². The molecule has 1 aliphatic rings. The summed E-state index contributed by atoms with van der Waals surface area (Å²) in [6.07, 6.45) is 12.0. The van der Waals surface area contributed by atoms with Crippen LogP contribution in [0.15, 0.2) is 0 Å². The predicted molar refractivity (Wildman–Crippen MR) is 69.5 cm³/mol. The highest BCUT2D eigenvalue weighted by molar-refractivity contribution is 5.80. The van der Waals surface area contributed by atoms with Crippen molar-refractivity contribution in [2.24, 2.45) is 11.8 Å². The maximum atomic E-state index is 11.9. The molecule has 1 saturated carbocycles. The highest BCUT2D eigenvalue weighted by atomic mass is 16.1. The first-order chi connectivity index (χ1) is 7.74. The molecular weight excluding hydrogens is 196 g/mol. The summed E-state index contributed by atoms with van der Waals surface area (Å²) >= 11 is 0. The Balaban J connectivity index is 2.06. The van der Waals surface area contributed by atoms with Crippen LogP contribution in [0.25, 0.3) is 0 Å². The van der Waals surface area contributed by atoms with Gasteiger partial charge in [0, 0.05) is 12.3 Å². The zero-order valence-corrected chi connectivity index (χ0v) is 11.1. The first-order valence-electron chi connectivity index (χ1n) is 7.26. The van der Waals surface area contributed by atoms with Crippen molar-refractivity contribution in [3.63, 3.8) is 0 Å². The van der Waals surface area contributed by atoms with Crippen molar-refractivity contribution >= 4 is 5.78 Å². The summed E-state index contributed by atoms with van der Waals surface area (Å²) in [6.45, 7) is 4.54. The first-order valence-corrected chi connectivity index (χ1v) is 7.26. The quantitative estimate of drug-likeness (QED) is 0.571. The van der Waals surface area contributed by atoms with Gasteiger partial charge in [0.1, 0.15) is 5.78 Å². The minimum atomic E-state index is 0.419. The fourth-order valence-electron chi connectivity index (χ4n) is 2.69. The number of unbranched alkanes of at least 4 members (excludes halogenated alkanes) is 4. The van der Waals surface area contributed by atoms with Crippen molar-refractivity contribution in [1.82, 2.24) is 0 Å². The van der Waals surface area contributed by atoms with Gasteiger partial charge >= 0.3 is 0 Å². The van der Waals surface area contributed by atoms with Gasteiger partial charge in [0.25, 0.3) is 0 Å². The van der Waals surface area contributed by atoms with Gasteiger partial charge in [0.15, 0.2) is 0 Å². The molecule has 0 aromatic rings. The van der Waals surface area contributed by atoms with Crippen molar-refractivity contribution in [2.75, 3.05) is 0 Å². The van der Waals surface area contributed by atoms with Gasteiger partial charge in [0.05, 0.1) is 0 Å². The van der Waals surface area contributed by atoms with Crippen molar-refractivity contribution in [1.29, 1.82) is 0 Å². The van der Waals surface area contributed by atoms with Crippen LogP contribution in [0, 0.1) is 11.8 Å². The Morgan fingerprint density at radius 1 is 1.00 bits per heavy atom. The Kier molecular flexibility index (Phi) is 6.75.